The predicted molar refractivity (Wildman–Crippen MR) is 265 cm³/mol. The quantitative estimate of drug-likeness (QED) is 0.0262. The molecule has 360 valence electrons. The Morgan fingerprint density at radius 1 is 0.323 bits per heavy atom. The molecule has 0 saturated carbocycles. The van der Waals surface area contributed by atoms with Gasteiger partial charge in [0, 0.05) is 19.3 Å². The van der Waals surface area contributed by atoms with Gasteiger partial charge in [0.1, 0.15) is 13.2 Å². The molecule has 0 N–H and O–H groups in total. The second-order valence-corrected chi connectivity index (χ2v) is 17.8. The fourth-order valence-corrected chi connectivity index (χ4v) is 7.45. The molecule has 0 saturated heterocycles. The smallest absolute Gasteiger partial charge is 0.306 e. The van der Waals surface area contributed by atoms with Crippen LogP contribution in [0.2, 0.25) is 0 Å². The van der Waals surface area contributed by atoms with E-state index in [1.165, 1.54) is 141 Å². The Hall–Kier alpha value is -2.63. The lowest BCUT2D eigenvalue weighted by Crippen LogP contribution is -2.30. The first-order chi connectivity index (χ1) is 30.5. The molecule has 1 atom stereocenters. The zero-order chi connectivity index (χ0) is 45.1. The van der Waals surface area contributed by atoms with E-state index >= 15 is 0 Å². The average Bonchev–Trinajstić information content (AvgIpc) is 3.27. The summed E-state index contributed by atoms with van der Waals surface area (Å²) in [6, 6.07) is 0. The number of hydrogen-bond donors (Lipinski definition) is 0. The summed E-state index contributed by atoms with van der Waals surface area (Å²) in [5.41, 5.74) is 0. The van der Waals surface area contributed by atoms with E-state index in [-0.39, 0.29) is 31.1 Å². The van der Waals surface area contributed by atoms with Crippen LogP contribution in [-0.4, -0.2) is 37.2 Å². The molecule has 0 aromatic rings. The van der Waals surface area contributed by atoms with Gasteiger partial charge >= 0.3 is 17.9 Å². The maximum absolute atomic E-state index is 12.8. The normalized spacial score (nSPS) is 12.4. The topological polar surface area (TPSA) is 78.9 Å². The second kappa shape index (κ2) is 51.0. The molecule has 0 aliphatic heterocycles. The lowest BCUT2D eigenvalue weighted by molar-refractivity contribution is -0.167. The second-order valence-electron chi connectivity index (χ2n) is 17.8. The molecular weight excluding hydrogens is 769 g/mol. The highest BCUT2D eigenvalue weighted by atomic mass is 16.6. The van der Waals surface area contributed by atoms with E-state index in [1.54, 1.807) is 0 Å². The first-order valence-corrected chi connectivity index (χ1v) is 26.6. The standard InChI is InChI=1S/C56H100O6/c1-4-7-10-13-16-19-22-24-26-28-30-32-34-37-40-43-46-49-55(58)61-52-53(51-60-54(57)48-45-42-39-36-21-18-15-12-9-6-3)62-56(59)50-47-44-41-38-35-33-31-29-27-25-23-20-17-14-11-8-5-2/h15-16,18-19,24-27,53H,4-14,17,20-23,28-52H2,1-3H3/b18-15-,19-16-,26-24-,27-25-. The summed E-state index contributed by atoms with van der Waals surface area (Å²) in [7, 11) is 0. The molecule has 0 bridgehead atoms. The van der Waals surface area contributed by atoms with E-state index < -0.39 is 6.10 Å². The van der Waals surface area contributed by atoms with Gasteiger partial charge in [-0.1, -0.05) is 204 Å². The van der Waals surface area contributed by atoms with Crippen LogP contribution < -0.4 is 0 Å². The molecule has 0 radical (unpaired) electrons. The fraction of sp³-hybridized carbons (Fsp3) is 0.804. The van der Waals surface area contributed by atoms with Crippen LogP contribution in [0, 0.1) is 0 Å². The van der Waals surface area contributed by atoms with Crippen molar-refractivity contribution in [2.24, 2.45) is 0 Å². The molecule has 0 aromatic heterocycles. The number of esters is 3. The highest BCUT2D eigenvalue weighted by molar-refractivity contribution is 5.71. The Labute approximate surface area is 384 Å². The van der Waals surface area contributed by atoms with Crippen molar-refractivity contribution in [3.8, 4) is 0 Å². The SMILES string of the molecule is CCCC/C=C\CCCCCCC(=O)OCC(COC(=O)CCCCCCCCC/C=C\C/C=C\CCCCC)OC(=O)CCCCCCCCC/C=C\CCCCCCCC. The van der Waals surface area contributed by atoms with E-state index in [1.807, 2.05) is 0 Å². The van der Waals surface area contributed by atoms with Crippen molar-refractivity contribution in [3.05, 3.63) is 48.6 Å². The summed E-state index contributed by atoms with van der Waals surface area (Å²) >= 11 is 0. The summed E-state index contributed by atoms with van der Waals surface area (Å²) in [5.74, 6) is -0.900. The third-order valence-corrected chi connectivity index (χ3v) is 11.5. The van der Waals surface area contributed by atoms with Crippen LogP contribution in [0.3, 0.4) is 0 Å². The molecule has 62 heavy (non-hydrogen) atoms. The van der Waals surface area contributed by atoms with Crippen LogP contribution >= 0.6 is 0 Å². The molecule has 0 spiro atoms. The molecule has 0 heterocycles. The fourth-order valence-electron chi connectivity index (χ4n) is 7.45. The summed E-state index contributed by atoms with van der Waals surface area (Å²) in [5, 5.41) is 0. The molecular formula is C56H100O6. The molecule has 0 fully saturated rings. The first kappa shape index (κ1) is 59.4. The summed E-state index contributed by atoms with van der Waals surface area (Å²) in [6.07, 6.45) is 60.9. The van der Waals surface area contributed by atoms with E-state index in [0.29, 0.717) is 19.3 Å². The molecule has 0 rings (SSSR count). The van der Waals surface area contributed by atoms with Gasteiger partial charge in [-0.05, 0) is 96.3 Å². The van der Waals surface area contributed by atoms with Gasteiger partial charge in [-0.15, -0.1) is 0 Å². The lowest BCUT2D eigenvalue weighted by Gasteiger charge is -2.18. The van der Waals surface area contributed by atoms with Crippen molar-refractivity contribution in [2.75, 3.05) is 13.2 Å². The number of rotatable bonds is 48. The third-order valence-electron chi connectivity index (χ3n) is 11.5. The van der Waals surface area contributed by atoms with Gasteiger partial charge in [0.25, 0.3) is 0 Å². The molecule has 0 aliphatic carbocycles. The zero-order valence-electron chi connectivity index (χ0n) is 41.1. The van der Waals surface area contributed by atoms with Crippen LogP contribution in [0.25, 0.3) is 0 Å². The summed E-state index contributed by atoms with van der Waals surface area (Å²) in [6.45, 7) is 6.56. The third kappa shape index (κ3) is 48.4. The van der Waals surface area contributed by atoms with E-state index in [2.05, 4.69) is 69.4 Å². The van der Waals surface area contributed by atoms with Crippen molar-refractivity contribution < 1.29 is 28.6 Å². The number of carbonyl (C=O) groups is 3. The van der Waals surface area contributed by atoms with Crippen molar-refractivity contribution in [1.82, 2.24) is 0 Å². The van der Waals surface area contributed by atoms with Crippen molar-refractivity contribution in [3.63, 3.8) is 0 Å². The van der Waals surface area contributed by atoms with Crippen LogP contribution in [0.5, 0.6) is 0 Å². The monoisotopic (exact) mass is 869 g/mol. The van der Waals surface area contributed by atoms with Gasteiger partial charge in [0.05, 0.1) is 0 Å². The van der Waals surface area contributed by atoms with Gasteiger partial charge in [0.2, 0.25) is 0 Å². The molecule has 1 unspecified atom stereocenters. The zero-order valence-corrected chi connectivity index (χ0v) is 41.1. The summed E-state index contributed by atoms with van der Waals surface area (Å²) < 4.78 is 16.8. The number of allylic oxidation sites excluding steroid dienone is 8. The molecule has 0 aliphatic rings. The molecule has 6 heteroatoms. The van der Waals surface area contributed by atoms with E-state index in [9.17, 15) is 14.4 Å². The molecule has 0 aromatic carbocycles. The molecule has 6 nitrogen and oxygen atoms in total. The summed E-state index contributed by atoms with van der Waals surface area (Å²) in [4.78, 5) is 38.0. The van der Waals surface area contributed by atoms with E-state index in [0.717, 1.165) is 89.9 Å². The minimum absolute atomic E-state index is 0.0818. The number of hydrogen-bond acceptors (Lipinski definition) is 6. The highest BCUT2D eigenvalue weighted by Gasteiger charge is 2.19. The van der Waals surface area contributed by atoms with Crippen LogP contribution in [0.4, 0.5) is 0 Å². The Morgan fingerprint density at radius 2 is 0.597 bits per heavy atom. The van der Waals surface area contributed by atoms with Gasteiger partial charge < -0.3 is 14.2 Å². The highest BCUT2D eigenvalue weighted by Crippen LogP contribution is 2.15. The largest absolute Gasteiger partial charge is 0.462 e. The van der Waals surface area contributed by atoms with Gasteiger partial charge in [-0.3, -0.25) is 14.4 Å². The maximum Gasteiger partial charge on any atom is 0.306 e. The Kier molecular flexibility index (Phi) is 48.8. The van der Waals surface area contributed by atoms with Crippen LogP contribution in [-0.2, 0) is 28.6 Å². The van der Waals surface area contributed by atoms with Crippen LogP contribution in [0.1, 0.15) is 271 Å². The average molecular weight is 869 g/mol. The maximum atomic E-state index is 12.8. The Bertz CT molecular complexity index is 1090. The number of carbonyl (C=O) groups excluding carboxylic acids is 3. The van der Waals surface area contributed by atoms with Gasteiger partial charge in [0.15, 0.2) is 6.10 Å². The van der Waals surface area contributed by atoms with E-state index in [4.69, 9.17) is 14.2 Å². The van der Waals surface area contributed by atoms with Crippen molar-refractivity contribution in [2.45, 2.75) is 277 Å². The number of ether oxygens (including phenoxy) is 3. The van der Waals surface area contributed by atoms with Crippen molar-refractivity contribution in [1.29, 1.82) is 0 Å². The Balaban J connectivity index is 4.35. The molecule has 0 amide bonds. The lowest BCUT2D eigenvalue weighted by atomic mass is 10.1. The van der Waals surface area contributed by atoms with Gasteiger partial charge in [-0.2, -0.15) is 0 Å². The van der Waals surface area contributed by atoms with Crippen molar-refractivity contribution >= 4 is 17.9 Å². The van der Waals surface area contributed by atoms with Crippen LogP contribution in [0.15, 0.2) is 48.6 Å². The minimum atomic E-state index is -0.781. The predicted octanol–water partition coefficient (Wildman–Crippen LogP) is 17.5. The number of unbranched alkanes of at least 4 members (excludes halogenated alkanes) is 29. The van der Waals surface area contributed by atoms with Gasteiger partial charge in [-0.25, -0.2) is 0 Å². The first-order valence-electron chi connectivity index (χ1n) is 26.6. The minimum Gasteiger partial charge on any atom is -0.462 e. The Morgan fingerprint density at radius 3 is 0.984 bits per heavy atom.